The minimum Gasteiger partial charge on any atom is -0.463 e. The molecule has 1 aliphatic rings. The Morgan fingerprint density at radius 1 is 1.47 bits per heavy atom. The van der Waals surface area contributed by atoms with Crippen LogP contribution < -0.4 is 0 Å². The van der Waals surface area contributed by atoms with E-state index in [-0.39, 0.29) is 11.5 Å². The molecule has 3 unspecified atom stereocenters. The molecule has 2 rings (SSSR count). The van der Waals surface area contributed by atoms with E-state index in [2.05, 4.69) is 6.92 Å². The van der Waals surface area contributed by atoms with Crippen molar-refractivity contribution < 1.29 is 17.9 Å². The standard InChI is InChI=1S/C14H22O4S/c1-3-19(16,17)8-4-5-12(15)14-7-6-13(18-14)11-9-10(11)2/h6-7,10-12,15H,3-5,8-9H2,1-2H3. The van der Waals surface area contributed by atoms with Crippen molar-refractivity contribution in [3.63, 3.8) is 0 Å². The van der Waals surface area contributed by atoms with E-state index in [0.29, 0.717) is 30.4 Å². The fourth-order valence-electron chi connectivity index (χ4n) is 2.25. The predicted octanol–water partition coefficient (Wildman–Crippen LogP) is 2.65. The largest absolute Gasteiger partial charge is 0.463 e. The number of sulfone groups is 1. The molecule has 1 aromatic heterocycles. The molecule has 1 fully saturated rings. The van der Waals surface area contributed by atoms with Gasteiger partial charge in [0.1, 0.15) is 27.5 Å². The van der Waals surface area contributed by atoms with Gasteiger partial charge in [0.25, 0.3) is 0 Å². The molecular weight excluding hydrogens is 264 g/mol. The predicted molar refractivity (Wildman–Crippen MR) is 73.8 cm³/mol. The molecule has 108 valence electrons. The number of furan rings is 1. The Labute approximate surface area is 114 Å². The number of rotatable bonds is 7. The average molecular weight is 286 g/mol. The summed E-state index contributed by atoms with van der Waals surface area (Å²) in [6, 6.07) is 3.73. The third-order valence-electron chi connectivity index (χ3n) is 3.82. The van der Waals surface area contributed by atoms with Crippen LogP contribution in [0.2, 0.25) is 0 Å². The van der Waals surface area contributed by atoms with Crippen molar-refractivity contribution in [2.45, 2.75) is 45.1 Å². The number of aliphatic hydroxyl groups is 1. The second-order valence-corrected chi connectivity index (χ2v) is 7.93. The van der Waals surface area contributed by atoms with Gasteiger partial charge in [0.2, 0.25) is 0 Å². The van der Waals surface area contributed by atoms with Crippen molar-refractivity contribution in [2.75, 3.05) is 11.5 Å². The first kappa shape index (κ1) is 14.6. The summed E-state index contributed by atoms with van der Waals surface area (Å²) in [4.78, 5) is 0. The monoisotopic (exact) mass is 286 g/mol. The van der Waals surface area contributed by atoms with Crippen molar-refractivity contribution >= 4 is 9.84 Å². The van der Waals surface area contributed by atoms with Gasteiger partial charge in [-0.05, 0) is 37.3 Å². The molecule has 1 heterocycles. The molecule has 0 radical (unpaired) electrons. The first-order valence-electron chi connectivity index (χ1n) is 6.91. The van der Waals surface area contributed by atoms with Crippen LogP contribution in [0.3, 0.4) is 0 Å². The number of hydrogen-bond donors (Lipinski definition) is 1. The Hall–Kier alpha value is -0.810. The molecule has 1 aliphatic carbocycles. The minimum atomic E-state index is -2.94. The lowest BCUT2D eigenvalue weighted by atomic mass is 10.2. The van der Waals surface area contributed by atoms with Gasteiger partial charge in [-0.1, -0.05) is 13.8 Å². The van der Waals surface area contributed by atoms with E-state index in [1.165, 1.54) is 0 Å². The Kier molecular flexibility index (Phi) is 4.36. The Balaban J connectivity index is 1.83. The molecule has 0 saturated heterocycles. The first-order valence-corrected chi connectivity index (χ1v) is 8.73. The van der Waals surface area contributed by atoms with E-state index in [9.17, 15) is 13.5 Å². The normalized spacial score (nSPS) is 24.4. The molecule has 0 aromatic carbocycles. The summed E-state index contributed by atoms with van der Waals surface area (Å²) in [6.45, 7) is 3.82. The molecule has 19 heavy (non-hydrogen) atoms. The highest BCUT2D eigenvalue weighted by molar-refractivity contribution is 7.91. The summed E-state index contributed by atoms with van der Waals surface area (Å²) in [6.07, 6.45) is 1.34. The van der Waals surface area contributed by atoms with Crippen molar-refractivity contribution in [1.82, 2.24) is 0 Å². The van der Waals surface area contributed by atoms with Gasteiger partial charge in [0.15, 0.2) is 0 Å². The molecule has 0 aliphatic heterocycles. The van der Waals surface area contributed by atoms with E-state index in [1.807, 2.05) is 6.07 Å². The van der Waals surface area contributed by atoms with Crippen LogP contribution in [0.1, 0.15) is 56.7 Å². The van der Waals surface area contributed by atoms with Gasteiger partial charge < -0.3 is 9.52 Å². The van der Waals surface area contributed by atoms with Crippen LogP contribution in [0.4, 0.5) is 0 Å². The SMILES string of the molecule is CCS(=O)(=O)CCCC(O)c1ccc(C2CC2C)o1. The Morgan fingerprint density at radius 2 is 2.16 bits per heavy atom. The average Bonchev–Trinajstić information content (AvgIpc) is 2.91. The van der Waals surface area contributed by atoms with E-state index in [1.54, 1.807) is 13.0 Å². The van der Waals surface area contributed by atoms with Crippen LogP contribution in [-0.2, 0) is 9.84 Å². The van der Waals surface area contributed by atoms with Crippen molar-refractivity contribution in [1.29, 1.82) is 0 Å². The van der Waals surface area contributed by atoms with E-state index in [0.717, 1.165) is 12.2 Å². The van der Waals surface area contributed by atoms with Gasteiger partial charge in [-0.25, -0.2) is 8.42 Å². The molecule has 4 nitrogen and oxygen atoms in total. The van der Waals surface area contributed by atoms with Gasteiger partial charge in [0.05, 0.1) is 5.75 Å². The maximum Gasteiger partial charge on any atom is 0.150 e. The Morgan fingerprint density at radius 3 is 2.74 bits per heavy atom. The molecule has 1 saturated carbocycles. The number of hydrogen-bond acceptors (Lipinski definition) is 4. The molecular formula is C14H22O4S. The highest BCUT2D eigenvalue weighted by Gasteiger charge is 2.36. The summed E-state index contributed by atoms with van der Waals surface area (Å²) in [5, 5.41) is 9.98. The quantitative estimate of drug-likeness (QED) is 0.836. The lowest BCUT2D eigenvalue weighted by molar-refractivity contribution is 0.137. The molecule has 0 spiro atoms. The molecule has 5 heteroatoms. The summed E-state index contributed by atoms with van der Waals surface area (Å²) < 4.78 is 28.3. The van der Waals surface area contributed by atoms with Gasteiger partial charge in [-0.2, -0.15) is 0 Å². The molecule has 3 atom stereocenters. The van der Waals surface area contributed by atoms with Crippen LogP contribution in [-0.4, -0.2) is 25.0 Å². The zero-order valence-electron chi connectivity index (χ0n) is 11.5. The van der Waals surface area contributed by atoms with Crippen molar-refractivity contribution in [2.24, 2.45) is 5.92 Å². The summed E-state index contributed by atoms with van der Waals surface area (Å²) in [7, 11) is -2.94. The van der Waals surface area contributed by atoms with Crippen molar-refractivity contribution in [3.05, 3.63) is 23.7 Å². The third kappa shape index (κ3) is 3.83. The zero-order valence-corrected chi connectivity index (χ0v) is 12.3. The highest BCUT2D eigenvalue weighted by Crippen LogP contribution is 2.47. The molecule has 1 aromatic rings. The number of aliphatic hydroxyl groups excluding tert-OH is 1. The first-order chi connectivity index (χ1) is 8.93. The van der Waals surface area contributed by atoms with E-state index < -0.39 is 15.9 Å². The van der Waals surface area contributed by atoms with Crippen LogP contribution in [0.15, 0.2) is 16.5 Å². The lowest BCUT2D eigenvalue weighted by Gasteiger charge is -2.07. The van der Waals surface area contributed by atoms with E-state index in [4.69, 9.17) is 4.42 Å². The van der Waals surface area contributed by atoms with Crippen molar-refractivity contribution in [3.8, 4) is 0 Å². The Bertz CT molecular complexity index is 517. The summed E-state index contributed by atoms with van der Waals surface area (Å²) in [5.41, 5.74) is 0. The van der Waals surface area contributed by atoms with Crippen LogP contribution in [0.5, 0.6) is 0 Å². The second-order valence-electron chi connectivity index (χ2n) is 5.45. The fourth-order valence-corrected chi connectivity index (χ4v) is 3.14. The van der Waals surface area contributed by atoms with Crippen LogP contribution in [0, 0.1) is 5.92 Å². The van der Waals surface area contributed by atoms with E-state index >= 15 is 0 Å². The maximum absolute atomic E-state index is 11.4. The van der Waals surface area contributed by atoms with Crippen LogP contribution in [0.25, 0.3) is 0 Å². The summed E-state index contributed by atoms with van der Waals surface area (Å²) >= 11 is 0. The van der Waals surface area contributed by atoms with Gasteiger partial charge >= 0.3 is 0 Å². The summed E-state index contributed by atoms with van der Waals surface area (Å²) in [5.74, 6) is 2.97. The molecule has 0 amide bonds. The smallest absolute Gasteiger partial charge is 0.150 e. The molecule has 1 N–H and O–H groups in total. The van der Waals surface area contributed by atoms with Gasteiger partial charge in [-0.3, -0.25) is 0 Å². The molecule has 0 bridgehead atoms. The highest BCUT2D eigenvalue weighted by atomic mass is 32.2. The lowest BCUT2D eigenvalue weighted by Crippen LogP contribution is -2.09. The topological polar surface area (TPSA) is 67.5 Å². The fraction of sp³-hybridized carbons (Fsp3) is 0.714. The van der Waals surface area contributed by atoms with Gasteiger partial charge in [-0.15, -0.1) is 0 Å². The second kappa shape index (κ2) is 5.67. The minimum absolute atomic E-state index is 0.133. The zero-order chi connectivity index (χ0) is 14.0. The van der Waals surface area contributed by atoms with Crippen LogP contribution >= 0.6 is 0 Å². The third-order valence-corrected chi connectivity index (χ3v) is 5.61. The van der Waals surface area contributed by atoms with Gasteiger partial charge in [0, 0.05) is 11.7 Å². The maximum atomic E-state index is 11.4.